The molecule has 7 nitrogen and oxygen atoms in total. The van der Waals surface area contributed by atoms with Crippen LogP contribution in [0.5, 0.6) is 0 Å². The zero-order valence-corrected chi connectivity index (χ0v) is 18.3. The second-order valence-electron chi connectivity index (χ2n) is 7.27. The third-order valence-electron chi connectivity index (χ3n) is 3.77. The molecular formula is C16H29NO6S3. The summed E-state index contributed by atoms with van der Waals surface area (Å²) in [6, 6.07) is 0. The van der Waals surface area contributed by atoms with Gasteiger partial charge in [0.1, 0.15) is 0 Å². The Hall–Kier alpha value is -0.610. The van der Waals surface area contributed by atoms with Gasteiger partial charge in [0.15, 0.2) is 19.7 Å². The van der Waals surface area contributed by atoms with Gasteiger partial charge in [-0.05, 0) is 17.6 Å². The summed E-state index contributed by atoms with van der Waals surface area (Å²) in [6.07, 6.45) is 0.283. The van der Waals surface area contributed by atoms with Gasteiger partial charge in [-0.25, -0.2) is 16.8 Å². The van der Waals surface area contributed by atoms with E-state index >= 15 is 0 Å². The molecule has 0 aliphatic carbocycles. The van der Waals surface area contributed by atoms with Gasteiger partial charge in [0.2, 0.25) is 11.8 Å². The molecule has 0 aromatic heterocycles. The van der Waals surface area contributed by atoms with E-state index in [1.165, 1.54) is 11.8 Å². The summed E-state index contributed by atoms with van der Waals surface area (Å²) in [6.45, 7) is 7.49. The second-order valence-corrected chi connectivity index (χ2v) is 13.6. The number of imide groups is 1. The molecule has 1 aliphatic rings. The fraction of sp³-hybridized carbons (Fsp3) is 0.875. The van der Waals surface area contributed by atoms with Crippen molar-refractivity contribution in [3.8, 4) is 0 Å². The van der Waals surface area contributed by atoms with Crippen LogP contribution in [-0.4, -0.2) is 73.6 Å². The molecule has 2 amide bonds. The van der Waals surface area contributed by atoms with Crippen LogP contribution in [-0.2, 0) is 29.3 Å². The van der Waals surface area contributed by atoms with Crippen molar-refractivity contribution in [3.63, 3.8) is 0 Å². The Balaban J connectivity index is 2.49. The van der Waals surface area contributed by atoms with Crippen molar-refractivity contribution in [3.05, 3.63) is 0 Å². The first-order valence-electron chi connectivity index (χ1n) is 8.73. The summed E-state index contributed by atoms with van der Waals surface area (Å²) in [7, 11) is -6.94. The maximum atomic E-state index is 12.2. The van der Waals surface area contributed by atoms with Gasteiger partial charge in [0, 0.05) is 13.0 Å². The number of hydrogen-bond acceptors (Lipinski definition) is 7. The third kappa shape index (κ3) is 7.96. The molecule has 1 aliphatic heterocycles. The molecule has 1 atom stereocenters. The lowest BCUT2D eigenvalue weighted by molar-refractivity contribution is -0.138. The number of nitrogens with zero attached hydrogens (tertiary/aromatic N) is 1. The number of rotatable bonds is 11. The highest BCUT2D eigenvalue weighted by molar-refractivity contribution is 8.01. The van der Waals surface area contributed by atoms with Crippen molar-refractivity contribution in [1.82, 2.24) is 4.90 Å². The van der Waals surface area contributed by atoms with E-state index < -0.39 is 25.4 Å². The van der Waals surface area contributed by atoms with E-state index in [0.717, 1.165) is 4.90 Å². The van der Waals surface area contributed by atoms with Crippen LogP contribution in [0, 0.1) is 5.92 Å². The summed E-state index contributed by atoms with van der Waals surface area (Å²) < 4.78 is 47.7. The van der Waals surface area contributed by atoms with Crippen molar-refractivity contribution in [2.75, 3.05) is 29.6 Å². The lowest BCUT2D eigenvalue weighted by Gasteiger charge is -2.15. The number of thioether (sulfide) groups is 1. The average Bonchev–Trinajstić information content (AvgIpc) is 2.71. The first kappa shape index (κ1) is 23.4. The van der Waals surface area contributed by atoms with E-state index in [2.05, 4.69) is 0 Å². The number of likely N-dealkylation sites (tertiary alicyclic amines) is 1. The van der Waals surface area contributed by atoms with E-state index in [1.54, 1.807) is 13.8 Å². The van der Waals surface area contributed by atoms with Gasteiger partial charge in [-0.15, -0.1) is 11.8 Å². The van der Waals surface area contributed by atoms with Crippen molar-refractivity contribution >= 4 is 43.3 Å². The van der Waals surface area contributed by atoms with Crippen molar-refractivity contribution < 1.29 is 26.4 Å². The minimum absolute atomic E-state index is 0.0335. The molecule has 1 fully saturated rings. The van der Waals surface area contributed by atoms with Crippen LogP contribution in [0.1, 0.15) is 40.5 Å². The van der Waals surface area contributed by atoms with Gasteiger partial charge >= 0.3 is 0 Å². The number of hydrogen-bond donors (Lipinski definition) is 0. The summed E-state index contributed by atoms with van der Waals surface area (Å²) in [4.78, 5) is 25.3. The van der Waals surface area contributed by atoms with E-state index in [9.17, 15) is 26.4 Å². The molecule has 10 heteroatoms. The summed E-state index contributed by atoms with van der Waals surface area (Å²) in [5, 5.41) is -0.162. The monoisotopic (exact) mass is 427 g/mol. The Morgan fingerprint density at radius 2 is 1.58 bits per heavy atom. The highest BCUT2D eigenvalue weighted by atomic mass is 32.2. The quantitative estimate of drug-likeness (QED) is 0.455. The topological polar surface area (TPSA) is 106 Å². The predicted octanol–water partition coefficient (Wildman–Crippen LogP) is 1.13. The average molecular weight is 428 g/mol. The Kier molecular flexibility index (Phi) is 8.60. The molecule has 0 radical (unpaired) electrons. The Morgan fingerprint density at radius 1 is 1.00 bits per heavy atom. The van der Waals surface area contributed by atoms with Crippen LogP contribution >= 0.6 is 11.8 Å². The number of carbonyl (C=O) groups is 2. The number of carbonyl (C=O) groups excluding carboxylic acids is 2. The fourth-order valence-electron chi connectivity index (χ4n) is 2.71. The van der Waals surface area contributed by atoms with Crippen LogP contribution in [0.3, 0.4) is 0 Å². The molecule has 1 heterocycles. The highest BCUT2D eigenvalue weighted by Gasteiger charge is 2.38. The van der Waals surface area contributed by atoms with Gasteiger partial charge in [0.05, 0.1) is 28.3 Å². The molecule has 0 aromatic rings. The molecule has 26 heavy (non-hydrogen) atoms. The van der Waals surface area contributed by atoms with E-state index in [1.807, 2.05) is 13.8 Å². The van der Waals surface area contributed by atoms with Crippen molar-refractivity contribution in [2.24, 2.45) is 5.92 Å². The van der Waals surface area contributed by atoms with E-state index in [0.29, 0.717) is 0 Å². The van der Waals surface area contributed by atoms with Gasteiger partial charge in [0.25, 0.3) is 0 Å². The van der Waals surface area contributed by atoms with Crippen LogP contribution < -0.4 is 0 Å². The van der Waals surface area contributed by atoms with Gasteiger partial charge in [-0.1, -0.05) is 27.7 Å². The Morgan fingerprint density at radius 3 is 2.12 bits per heavy atom. The molecular weight excluding hydrogens is 398 g/mol. The Labute approximate surface area is 161 Å². The molecule has 1 rings (SSSR count). The summed E-state index contributed by atoms with van der Waals surface area (Å²) >= 11 is 1.44. The molecule has 1 saturated heterocycles. The van der Waals surface area contributed by atoms with Gasteiger partial charge in [-0.2, -0.15) is 0 Å². The maximum Gasteiger partial charge on any atom is 0.242 e. The largest absolute Gasteiger partial charge is 0.282 e. The zero-order valence-electron chi connectivity index (χ0n) is 15.8. The summed E-state index contributed by atoms with van der Waals surface area (Å²) in [5.41, 5.74) is 0. The first-order valence-corrected chi connectivity index (χ1v) is 13.3. The van der Waals surface area contributed by atoms with Crippen LogP contribution in [0.2, 0.25) is 0 Å². The fourth-order valence-corrected chi connectivity index (χ4v) is 7.84. The van der Waals surface area contributed by atoms with Crippen LogP contribution in [0.4, 0.5) is 0 Å². The number of amides is 2. The molecule has 0 N–H and O–H groups in total. The molecule has 0 bridgehead atoms. The van der Waals surface area contributed by atoms with Gasteiger partial charge < -0.3 is 0 Å². The zero-order chi connectivity index (χ0) is 20.1. The Bertz CT molecular complexity index is 712. The van der Waals surface area contributed by atoms with Gasteiger partial charge in [-0.3, -0.25) is 14.5 Å². The molecule has 1 unspecified atom stereocenters. The lowest BCUT2D eigenvalue weighted by atomic mass is 10.3. The van der Waals surface area contributed by atoms with E-state index in [-0.39, 0.29) is 64.9 Å². The second kappa shape index (κ2) is 9.54. The van der Waals surface area contributed by atoms with E-state index in [4.69, 9.17) is 0 Å². The molecule has 152 valence electrons. The van der Waals surface area contributed by atoms with Crippen molar-refractivity contribution in [2.45, 2.75) is 51.0 Å². The minimum Gasteiger partial charge on any atom is -0.282 e. The maximum absolute atomic E-state index is 12.2. The van der Waals surface area contributed by atoms with Crippen LogP contribution in [0.15, 0.2) is 0 Å². The smallest absolute Gasteiger partial charge is 0.242 e. The number of sulfone groups is 2. The molecule has 0 spiro atoms. The predicted molar refractivity (Wildman–Crippen MR) is 105 cm³/mol. The summed E-state index contributed by atoms with van der Waals surface area (Å²) in [5.74, 6) is -1.66. The standard InChI is InChI=1S/C16H29NO6S3/c1-12(2)11-26(22,23)9-8-25(20,21)7-5-6-17-15(18)10-14(16(17)19)24-13(3)4/h12-14H,5-11H2,1-4H3. The van der Waals surface area contributed by atoms with Crippen molar-refractivity contribution in [1.29, 1.82) is 0 Å². The first-order chi connectivity index (χ1) is 11.8. The van der Waals surface area contributed by atoms with Crippen LogP contribution in [0.25, 0.3) is 0 Å². The third-order valence-corrected chi connectivity index (χ3v) is 9.01. The lowest BCUT2D eigenvalue weighted by Crippen LogP contribution is -2.33. The normalized spacial score (nSPS) is 19.2. The molecule has 0 aromatic carbocycles. The molecule has 0 saturated carbocycles. The minimum atomic E-state index is -3.54. The SMILES string of the molecule is CC(C)CS(=O)(=O)CCS(=O)(=O)CCCN1C(=O)CC(SC(C)C)C1=O. The highest BCUT2D eigenvalue weighted by Crippen LogP contribution is 2.28.